The number of piperidine rings is 1. The van der Waals surface area contributed by atoms with Gasteiger partial charge in [0, 0.05) is 25.8 Å². The van der Waals surface area contributed by atoms with Crippen molar-refractivity contribution in [3.8, 4) is 11.8 Å². The van der Waals surface area contributed by atoms with Crippen LogP contribution in [0.2, 0.25) is 0 Å². The SMILES string of the molecule is FC(F)(F)CCCOc1nsnc1OC12CCCCCCCCCCCCCCCCCCCCCC(CC1)CN2. The van der Waals surface area contributed by atoms with Gasteiger partial charge < -0.3 is 9.47 Å². The fourth-order valence-corrected chi connectivity index (χ4v) is 6.79. The highest BCUT2D eigenvalue weighted by molar-refractivity contribution is 6.99. The summed E-state index contributed by atoms with van der Waals surface area (Å²) in [5, 5.41) is 3.75. The average Bonchev–Trinajstić information content (AvgIpc) is 3.38. The van der Waals surface area contributed by atoms with Crippen LogP contribution in [0.1, 0.15) is 161 Å². The standard InChI is InChI=1S/C32H56F3N3O2S/c33-32(34,35)24-20-26-39-29-30(38-41-37-29)40-31-23-19-17-15-13-11-9-7-5-3-1-2-4-6-8-10-12-14-16-18-21-28(22-25-31)27-36-31/h28,36H,1-27H2. The first kappa shape index (κ1) is 34.4. The van der Waals surface area contributed by atoms with E-state index in [0.29, 0.717) is 11.8 Å². The van der Waals surface area contributed by atoms with Crippen LogP contribution in [-0.2, 0) is 0 Å². The Morgan fingerprint density at radius 1 is 0.683 bits per heavy atom. The number of fused-ring (bicyclic) bond motifs is 22. The van der Waals surface area contributed by atoms with Gasteiger partial charge in [-0.05, 0) is 31.6 Å². The quantitative estimate of drug-likeness (QED) is 0.328. The molecule has 2 bridgehead atoms. The fraction of sp³-hybridized carbons (Fsp3) is 0.938. The van der Waals surface area contributed by atoms with Crippen LogP contribution in [0.25, 0.3) is 0 Å². The normalized spacial score (nSPS) is 26.1. The molecule has 9 heteroatoms. The first-order chi connectivity index (χ1) is 20.0. The van der Waals surface area contributed by atoms with Crippen molar-refractivity contribution in [1.82, 2.24) is 14.1 Å². The predicted molar refractivity (Wildman–Crippen MR) is 162 cm³/mol. The Balaban J connectivity index is 1.50. The summed E-state index contributed by atoms with van der Waals surface area (Å²) >= 11 is 0.986. The lowest BCUT2D eigenvalue weighted by molar-refractivity contribution is -0.136. The monoisotopic (exact) mass is 603 g/mol. The molecule has 2 aliphatic heterocycles. The van der Waals surface area contributed by atoms with Gasteiger partial charge in [-0.25, -0.2) is 0 Å². The minimum atomic E-state index is -4.18. The molecule has 4 rings (SSSR count). The zero-order valence-corrected chi connectivity index (χ0v) is 26.2. The molecular weight excluding hydrogens is 547 g/mol. The minimum Gasteiger partial charge on any atom is -0.473 e. The summed E-state index contributed by atoms with van der Waals surface area (Å²) in [6.45, 7) is 0.878. The summed E-state index contributed by atoms with van der Waals surface area (Å²) in [6.07, 6.45) is 24.6. The lowest BCUT2D eigenvalue weighted by Crippen LogP contribution is -2.55. The molecule has 1 aliphatic carbocycles. The van der Waals surface area contributed by atoms with E-state index in [1.165, 1.54) is 122 Å². The molecule has 1 aromatic heterocycles. The highest BCUT2D eigenvalue weighted by Gasteiger charge is 2.38. The Labute approximate surface area is 251 Å². The smallest absolute Gasteiger partial charge is 0.389 e. The van der Waals surface area contributed by atoms with Gasteiger partial charge in [0.25, 0.3) is 11.8 Å². The number of hydrogen-bond acceptors (Lipinski definition) is 6. The summed E-state index contributed by atoms with van der Waals surface area (Å²) in [5.74, 6) is 1.20. The van der Waals surface area contributed by atoms with Crippen LogP contribution in [0.5, 0.6) is 11.8 Å². The lowest BCUT2D eigenvalue weighted by atomic mass is 9.86. The van der Waals surface area contributed by atoms with Crippen LogP contribution in [0, 0.1) is 5.92 Å². The average molecular weight is 604 g/mol. The molecule has 41 heavy (non-hydrogen) atoms. The lowest BCUT2D eigenvalue weighted by Gasteiger charge is -2.41. The van der Waals surface area contributed by atoms with Crippen LogP contribution in [0.3, 0.4) is 0 Å². The van der Waals surface area contributed by atoms with E-state index in [0.717, 1.165) is 44.0 Å². The molecule has 2 atom stereocenters. The zero-order valence-electron chi connectivity index (χ0n) is 25.4. The maximum atomic E-state index is 12.5. The van der Waals surface area contributed by atoms with Crippen LogP contribution in [0.4, 0.5) is 13.2 Å². The molecule has 0 amide bonds. The van der Waals surface area contributed by atoms with Gasteiger partial charge in [0.2, 0.25) is 0 Å². The highest BCUT2D eigenvalue weighted by atomic mass is 32.1. The second kappa shape index (κ2) is 20.0. The summed E-state index contributed by atoms with van der Waals surface area (Å²) in [5.41, 5.74) is -0.511. The van der Waals surface area contributed by atoms with Crippen molar-refractivity contribution in [2.24, 2.45) is 5.92 Å². The van der Waals surface area contributed by atoms with Gasteiger partial charge in [-0.3, -0.25) is 5.32 Å². The second-order valence-corrected chi connectivity index (χ2v) is 13.1. The number of hydrogen-bond donors (Lipinski definition) is 1. The molecule has 1 N–H and O–H groups in total. The molecule has 3 fully saturated rings. The van der Waals surface area contributed by atoms with Crippen LogP contribution >= 0.6 is 11.7 Å². The maximum Gasteiger partial charge on any atom is 0.389 e. The molecule has 238 valence electrons. The van der Waals surface area contributed by atoms with Crippen molar-refractivity contribution in [3.63, 3.8) is 0 Å². The molecule has 5 nitrogen and oxygen atoms in total. The molecule has 2 saturated heterocycles. The number of nitrogens with one attached hydrogen (secondary N) is 1. The van der Waals surface area contributed by atoms with E-state index in [9.17, 15) is 13.2 Å². The third kappa shape index (κ3) is 15.3. The van der Waals surface area contributed by atoms with E-state index in [1.807, 2.05) is 0 Å². The molecule has 0 radical (unpaired) electrons. The number of ether oxygens (including phenoxy) is 2. The Morgan fingerprint density at radius 3 is 1.71 bits per heavy atom. The van der Waals surface area contributed by atoms with Crippen molar-refractivity contribution in [3.05, 3.63) is 0 Å². The summed E-state index contributed by atoms with van der Waals surface area (Å²) in [4.78, 5) is 0. The maximum absolute atomic E-state index is 12.5. The molecule has 0 aromatic carbocycles. The number of rotatable bonds is 6. The zero-order chi connectivity index (χ0) is 29.1. The number of nitrogens with zero attached hydrogens (tertiary/aromatic N) is 2. The third-order valence-corrected chi connectivity index (χ3v) is 9.42. The number of halogens is 3. The summed E-state index contributed by atoms with van der Waals surface area (Å²) in [6, 6.07) is 0. The largest absolute Gasteiger partial charge is 0.473 e. The highest BCUT2D eigenvalue weighted by Crippen LogP contribution is 2.36. The van der Waals surface area contributed by atoms with E-state index in [1.54, 1.807) is 0 Å². The predicted octanol–water partition coefficient (Wildman–Crippen LogP) is 10.5. The van der Waals surface area contributed by atoms with E-state index in [2.05, 4.69) is 14.1 Å². The molecule has 1 saturated carbocycles. The van der Waals surface area contributed by atoms with Crippen LogP contribution in [-0.4, -0.2) is 33.8 Å². The van der Waals surface area contributed by atoms with Gasteiger partial charge in [-0.15, -0.1) is 8.75 Å². The molecule has 2 unspecified atom stereocenters. The minimum absolute atomic E-state index is 0.0518. The van der Waals surface area contributed by atoms with Crippen molar-refractivity contribution in [1.29, 1.82) is 0 Å². The van der Waals surface area contributed by atoms with Crippen molar-refractivity contribution < 1.29 is 22.6 Å². The Bertz CT molecular complexity index is 779. The van der Waals surface area contributed by atoms with Crippen molar-refractivity contribution in [2.45, 2.75) is 172 Å². The Kier molecular flexibility index (Phi) is 16.8. The molecule has 0 spiro atoms. The van der Waals surface area contributed by atoms with Gasteiger partial charge in [0.05, 0.1) is 18.3 Å². The van der Waals surface area contributed by atoms with E-state index in [-0.39, 0.29) is 18.9 Å². The molecule has 1 aromatic rings. The van der Waals surface area contributed by atoms with Crippen molar-refractivity contribution >= 4 is 11.7 Å². The first-order valence-corrected chi connectivity index (χ1v) is 17.6. The van der Waals surface area contributed by atoms with Crippen LogP contribution < -0.4 is 14.8 Å². The number of aromatic nitrogens is 2. The topological polar surface area (TPSA) is 56.3 Å². The van der Waals surface area contributed by atoms with Gasteiger partial charge in [-0.2, -0.15) is 13.2 Å². The summed E-state index contributed by atoms with van der Waals surface area (Å²) in [7, 11) is 0. The molecule has 3 aliphatic rings. The fourth-order valence-electron chi connectivity index (χ4n) is 6.35. The summed E-state index contributed by atoms with van der Waals surface area (Å²) < 4.78 is 58.1. The molecule has 3 heterocycles. The van der Waals surface area contributed by atoms with Crippen molar-refractivity contribution in [2.75, 3.05) is 13.2 Å². The number of alkyl halides is 3. The first-order valence-electron chi connectivity index (χ1n) is 16.9. The van der Waals surface area contributed by atoms with Crippen LogP contribution in [0.15, 0.2) is 0 Å². The van der Waals surface area contributed by atoms with Gasteiger partial charge in [0.15, 0.2) is 5.72 Å². The van der Waals surface area contributed by atoms with Gasteiger partial charge in [0.1, 0.15) is 0 Å². The van der Waals surface area contributed by atoms with E-state index < -0.39 is 18.3 Å². The van der Waals surface area contributed by atoms with Gasteiger partial charge in [-0.1, -0.05) is 116 Å². The van der Waals surface area contributed by atoms with Gasteiger partial charge >= 0.3 is 6.18 Å². The molecular formula is C32H56F3N3O2S. The third-order valence-electron chi connectivity index (χ3n) is 8.93. The van der Waals surface area contributed by atoms with E-state index >= 15 is 0 Å². The van der Waals surface area contributed by atoms with E-state index in [4.69, 9.17) is 9.47 Å². The Morgan fingerprint density at radius 2 is 1.20 bits per heavy atom. The Hall–Kier alpha value is -1.09. The second-order valence-electron chi connectivity index (χ2n) is 12.6.